The van der Waals surface area contributed by atoms with Crippen molar-refractivity contribution in [2.75, 3.05) is 0 Å². The van der Waals surface area contributed by atoms with Crippen molar-refractivity contribution in [3.05, 3.63) is 34.9 Å². The Hall–Kier alpha value is -1.64. The predicted octanol–water partition coefficient (Wildman–Crippen LogP) is 3.25. The number of carbonyl (C=O) groups excluding carboxylic acids is 1. The van der Waals surface area contributed by atoms with Gasteiger partial charge in [0.1, 0.15) is 0 Å². The molecule has 1 aromatic rings. The molecule has 0 fully saturated rings. The van der Waals surface area contributed by atoms with E-state index in [4.69, 9.17) is 5.11 Å². The summed E-state index contributed by atoms with van der Waals surface area (Å²) < 4.78 is 0. The number of carbonyl (C=O) groups is 2. The summed E-state index contributed by atoms with van der Waals surface area (Å²) in [7, 11) is 0. The van der Waals surface area contributed by atoms with Gasteiger partial charge in [0, 0.05) is 12.0 Å². The molecule has 0 bridgehead atoms. The number of Topliss-reactive ketones (excluding diaryl/α,β-unsaturated/α-hetero) is 1. The number of aryl methyl sites for hydroxylation is 2. The minimum Gasteiger partial charge on any atom is -0.481 e. The van der Waals surface area contributed by atoms with Gasteiger partial charge in [-0.25, -0.2) is 0 Å². The average Bonchev–Trinajstić information content (AvgIpc) is 2.37. The van der Waals surface area contributed by atoms with Crippen molar-refractivity contribution in [3.63, 3.8) is 0 Å². The van der Waals surface area contributed by atoms with Crippen LogP contribution in [0.5, 0.6) is 0 Å². The fourth-order valence-corrected chi connectivity index (χ4v) is 2.49. The van der Waals surface area contributed by atoms with E-state index in [-0.39, 0.29) is 12.2 Å². The van der Waals surface area contributed by atoms with E-state index in [9.17, 15) is 9.59 Å². The summed E-state index contributed by atoms with van der Waals surface area (Å²) in [6.45, 7) is 3.18. The zero-order valence-corrected chi connectivity index (χ0v) is 11.5. The van der Waals surface area contributed by atoms with Crippen LogP contribution in [0.25, 0.3) is 0 Å². The topological polar surface area (TPSA) is 54.4 Å². The first-order valence-electron chi connectivity index (χ1n) is 6.78. The Labute approximate surface area is 113 Å². The molecule has 102 valence electrons. The van der Waals surface area contributed by atoms with Crippen LogP contribution >= 0.6 is 0 Å². The third kappa shape index (κ3) is 3.03. The lowest BCUT2D eigenvalue weighted by Gasteiger charge is -2.19. The van der Waals surface area contributed by atoms with E-state index in [1.165, 1.54) is 24.0 Å². The van der Waals surface area contributed by atoms with E-state index in [1.54, 1.807) is 13.8 Å². The van der Waals surface area contributed by atoms with Gasteiger partial charge in [0.05, 0.1) is 5.41 Å². The average molecular weight is 260 g/mol. The number of carboxylic acid groups (broad SMARTS) is 1. The van der Waals surface area contributed by atoms with Crippen molar-refractivity contribution in [2.24, 2.45) is 5.41 Å². The van der Waals surface area contributed by atoms with Gasteiger partial charge in [0.2, 0.25) is 0 Å². The molecule has 1 aliphatic carbocycles. The fourth-order valence-electron chi connectivity index (χ4n) is 2.49. The van der Waals surface area contributed by atoms with E-state index < -0.39 is 11.4 Å². The first-order valence-corrected chi connectivity index (χ1v) is 6.78. The molecule has 1 aliphatic rings. The quantitative estimate of drug-likeness (QED) is 0.845. The number of benzene rings is 1. The van der Waals surface area contributed by atoms with E-state index in [2.05, 4.69) is 0 Å². The van der Waals surface area contributed by atoms with Crippen molar-refractivity contribution in [1.29, 1.82) is 0 Å². The Bertz CT molecular complexity index is 515. The predicted molar refractivity (Wildman–Crippen MR) is 73.4 cm³/mol. The zero-order chi connectivity index (χ0) is 14.0. The number of hydrogen-bond acceptors (Lipinski definition) is 2. The van der Waals surface area contributed by atoms with Gasteiger partial charge in [-0.05, 0) is 56.7 Å². The lowest BCUT2D eigenvalue weighted by Crippen LogP contribution is -2.27. The summed E-state index contributed by atoms with van der Waals surface area (Å²) in [5.41, 5.74) is 2.23. The van der Waals surface area contributed by atoms with Gasteiger partial charge >= 0.3 is 5.97 Å². The van der Waals surface area contributed by atoms with Gasteiger partial charge in [-0.3, -0.25) is 9.59 Å². The number of carboxylic acids is 1. The highest BCUT2D eigenvalue weighted by molar-refractivity contribution is 5.98. The maximum absolute atomic E-state index is 12.2. The maximum Gasteiger partial charge on any atom is 0.309 e. The van der Waals surface area contributed by atoms with E-state index in [0.717, 1.165) is 12.8 Å². The molecule has 0 amide bonds. The summed E-state index contributed by atoms with van der Waals surface area (Å²) in [5.74, 6) is -1.01. The summed E-state index contributed by atoms with van der Waals surface area (Å²) in [5, 5.41) is 9.08. The van der Waals surface area contributed by atoms with Crippen LogP contribution in [0.1, 0.15) is 54.6 Å². The molecular formula is C16H20O3. The molecule has 0 heterocycles. The van der Waals surface area contributed by atoms with Crippen LogP contribution in [0.3, 0.4) is 0 Å². The Morgan fingerprint density at radius 1 is 1.16 bits per heavy atom. The monoisotopic (exact) mass is 260 g/mol. The van der Waals surface area contributed by atoms with Crippen molar-refractivity contribution < 1.29 is 14.7 Å². The van der Waals surface area contributed by atoms with Crippen LogP contribution in [-0.2, 0) is 17.6 Å². The van der Waals surface area contributed by atoms with Gasteiger partial charge in [0.25, 0.3) is 0 Å². The summed E-state index contributed by atoms with van der Waals surface area (Å²) in [4.78, 5) is 23.3. The molecule has 19 heavy (non-hydrogen) atoms. The third-order valence-electron chi connectivity index (χ3n) is 3.85. The van der Waals surface area contributed by atoms with Gasteiger partial charge in [0.15, 0.2) is 5.78 Å². The van der Waals surface area contributed by atoms with Crippen molar-refractivity contribution in [2.45, 2.75) is 46.0 Å². The first-order chi connectivity index (χ1) is 8.90. The van der Waals surface area contributed by atoms with Crippen molar-refractivity contribution >= 4 is 11.8 Å². The zero-order valence-electron chi connectivity index (χ0n) is 11.5. The Kier molecular flexibility index (Phi) is 3.74. The van der Waals surface area contributed by atoms with Crippen LogP contribution in [0.2, 0.25) is 0 Å². The van der Waals surface area contributed by atoms with Gasteiger partial charge < -0.3 is 5.11 Å². The minimum atomic E-state index is -1.01. The first kappa shape index (κ1) is 13.8. The standard InChI is InChI=1S/C16H20O3/c1-16(2,15(18)19)10-14(17)13-8-7-11-5-3-4-6-12(11)9-13/h7-9H,3-6,10H2,1-2H3,(H,18,19). The van der Waals surface area contributed by atoms with Crippen molar-refractivity contribution in [3.8, 4) is 0 Å². The molecule has 1 aromatic carbocycles. The number of hydrogen-bond donors (Lipinski definition) is 1. The Morgan fingerprint density at radius 3 is 2.42 bits per heavy atom. The highest BCUT2D eigenvalue weighted by Gasteiger charge is 2.30. The van der Waals surface area contributed by atoms with Crippen LogP contribution in [0.15, 0.2) is 18.2 Å². The van der Waals surface area contributed by atoms with E-state index >= 15 is 0 Å². The van der Waals surface area contributed by atoms with Crippen LogP contribution < -0.4 is 0 Å². The van der Waals surface area contributed by atoms with Gasteiger partial charge in [-0.15, -0.1) is 0 Å². The maximum atomic E-state index is 12.2. The highest BCUT2D eigenvalue weighted by Crippen LogP contribution is 2.26. The molecule has 0 saturated carbocycles. The summed E-state index contributed by atoms with van der Waals surface area (Å²) in [6, 6.07) is 5.81. The van der Waals surface area contributed by atoms with E-state index in [0.29, 0.717) is 5.56 Å². The van der Waals surface area contributed by atoms with Crippen molar-refractivity contribution in [1.82, 2.24) is 0 Å². The molecule has 3 heteroatoms. The fraction of sp³-hybridized carbons (Fsp3) is 0.500. The molecule has 1 N–H and O–H groups in total. The third-order valence-corrected chi connectivity index (χ3v) is 3.85. The molecule has 2 rings (SSSR count). The lowest BCUT2D eigenvalue weighted by atomic mass is 9.84. The van der Waals surface area contributed by atoms with Gasteiger partial charge in [-0.2, -0.15) is 0 Å². The second kappa shape index (κ2) is 5.16. The normalized spacial score (nSPS) is 14.8. The molecule has 0 atom stereocenters. The molecule has 0 aliphatic heterocycles. The molecule has 0 radical (unpaired) electrons. The second-order valence-corrected chi connectivity index (χ2v) is 5.98. The summed E-state index contributed by atoms with van der Waals surface area (Å²) >= 11 is 0. The van der Waals surface area contributed by atoms with Crippen LogP contribution in [0.4, 0.5) is 0 Å². The molecule has 0 aromatic heterocycles. The lowest BCUT2D eigenvalue weighted by molar-refractivity contribution is -0.146. The SMILES string of the molecule is CC(C)(CC(=O)c1ccc2c(c1)CCCC2)C(=O)O. The number of ketones is 1. The molecule has 0 saturated heterocycles. The Morgan fingerprint density at radius 2 is 1.79 bits per heavy atom. The van der Waals surface area contributed by atoms with E-state index in [1.807, 2.05) is 18.2 Å². The molecule has 0 unspecified atom stereocenters. The second-order valence-electron chi connectivity index (χ2n) is 5.98. The van der Waals surface area contributed by atoms with Crippen LogP contribution in [0, 0.1) is 5.41 Å². The minimum absolute atomic E-state index is 0.0428. The smallest absolute Gasteiger partial charge is 0.309 e. The largest absolute Gasteiger partial charge is 0.481 e. The van der Waals surface area contributed by atoms with Gasteiger partial charge in [-0.1, -0.05) is 12.1 Å². The molecule has 3 nitrogen and oxygen atoms in total. The highest BCUT2D eigenvalue weighted by atomic mass is 16.4. The number of aliphatic carboxylic acids is 1. The number of rotatable bonds is 4. The summed E-state index contributed by atoms with van der Waals surface area (Å²) in [6.07, 6.45) is 4.54. The Balaban J connectivity index is 2.18. The molecule has 0 spiro atoms. The number of fused-ring (bicyclic) bond motifs is 1. The van der Waals surface area contributed by atoms with Crippen LogP contribution in [-0.4, -0.2) is 16.9 Å². The molecular weight excluding hydrogens is 240 g/mol.